The van der Waals surface area contributed by atoms with Crippen LogP contribution in [-0.4, -0.2) is 64.2 Å². The first kappa shape index (κ1) is 44.8. The van der Waals surface area contributed by atoms with Crippen LogP contribution in [0.2, 0.25) is 0 Å². The number of nitrogens with one attached hydrogen (secondary N) is 1. The number of aliphatic hydroxyl groups is 2. The molecule has 0 heterocycles. The Morgan fingerprint density at radius 2 is 1.29 bits per heavy atom. The van der Waals surface area contributed by atoms with Gasteiger partial charge in [0, 0.05) is 18.7 Å². The van der Waals surface area contributed by atoms with Crippen molar-refractivity contribution in [2.75, 3.05) is 24.7 Å². The number of thioether (sulfide) groups is 1. The zero-order chi connectivity index (χ0) is 33.6. The topological polar surface area (TPSA) is 116 Å². The van der Waals surface area contributed by atoms with E-state index in [0.29, 0.717) is 13.2 Å². The lowest BCUT2D eigenvalue weighted by Crippen LogP contribution is -2.25. The fraction of sp³-hybridized carbons (Fsp3) is 0.676. The lowest BCUT2D eigenvalue weighted by Gasteiger charge is -2.05. The molecule has 45 heavy (non-hydrogen) atoms. The Kier molecular flexibility index (Phi) is 37.8. The number of amides is 1. The van der Waals surface area contributed by atoms with Crippen LogP contribution in [0.15, 0.2) is 60.8 Å². The molecular weight excluding hydrogens is 586 g/mol. The van der Waals surface area contributed by atoms with Crippen molar-refractivity contribution in [3.05, 3.63) is 60.8 Å². The summed E-state index contributed by atoms with van der Waals surface area (Å²) in [7, 11) is 0. The van der Waals surface area contributed by atoms with Crippen molar-refractivity contribution in [3.63, 3.8) is 0 Å². The van der Waals surface area contributed by atoms with Gasteiger partial charge in [-0.1, -0.05) is 133 Å². The number of allylic oxidation sites excluding steroid dienone is 6. The van der Waals surface area contributed by atoms with E-state index in [1.165, 1.54) is 25.7 Å². The monoisotopic (exact) mass is 651 g/mol. The van der Waals surface area contributed by atoms with Crippen LogP contribution in [0.5, 0.6) is 0 Å². The number of aliphatic carboxylic acids is 1. The molecule has 0 aromatic rings. The summed E-state index contributed by atoms with van der Waals surface area (Å²) in [6, 6.07) is 0. The van der Waals surface area contributed by atoms with Gasteiger partial charge in [0.15, 0.2) is 0 Å². The number of alkyl carbamates (subject to hydrolysis) is 1. The van der Waals surface area contributed by atoms with Gasteiger partial charge in [-0.25, -0.2) is 4.79 Å². The van der Waals surface area contributed by atoms with Crippen molar-refractivity contribution in [1.82, 2.24) is 5.32 Å². The van der Waals surface area contributed by atoms with Crippen LogP contribution >= 0.6 is 11.8 Å². The highest BCUT2D eigenvalue weighted by Crippen LogP contribution is 2.07. The van der Waals surface area contributed by atoms with Crippen molar-refractivity contribution in [2.45, 2.75) is 136 Å². The lowest BCUT2D eigenvalue weighted by molar-refractivity contribution is -0.137. The maximum absolute atomic E-state index is 11.3. The molecule has 260 valence electrons. The molecule has 4 N–H and O–H groups in total. The first-order chi connectivity index (χ1) is 21.9. The zero-order valence-corrected chi connectivity index (χ0v) is 29.4. The van der Waals surface area contributed by atoms with Gasteiger partial charge in [-0.05, 0) is 50.7 Å². The second-order valence-electron chi connectivity index (χ2n) is 10.9. The molecule has 0 aliphatic heterocycles. The predicted molar refractivity (Wildman–Crippen MR) is 193 cm³/mol. The van der Waals surface area contributed by atoms with Crippen molar-refractivity contribution >= 4 is 23.8 Å². The largest absolute Gasteiger partial charge is 0.481 e. The summed E-state index contributed by atoms with van der Waals surface area (Å²) in [4.78, 5) is 21.6. The van der Waals surface area contributed by atoms with Crippen LogP contribution in [0.4, 0.5) is 4.79 Å². The van der Waals surface area contributed by atoms with Gasteiger partial charge in [0.2, 0.25) is 0 Å². The van der Waals surface area contributed by atoms with Gasteiger partial charge in [-0.2, -0.15) is 11.8 Å². The van der Waals surface area contributed by atoms with E-state index in [4.69, 9.17) is 9.84 Å². The zero-order valence-electron chi connectivity index (χ0n) is 28.5. The first-order valence-corrected chi connectivity index (χ1v) is 18.4. The molecule has 2 atom stereocenters. The molecule has 1 amide bonds. The molecule has 0 aliphatic carbocycles. The van der Waals surface area contributed by atoms with E-state index in [1.54, 1.807) is 0 Å². The minimum absolute atomic E-state index is 0.255. The average molecular weight is 652 g/mol. The summed E-state index contributed by atoms with van der Waals surface area (Å²) in [5.74, 6) is 1.33. The van der Waals surface area contributed by atoms with Gasteiger partial charge in [-0.15, -0.1) is 0 Å². The van der Waals surface area contributed by atoms with E-state index in [2.05, 4.69) is 44.3 Å². The Morgan fingerprint density at radius 1 is 0.711 bits per heavy atom. The molecule has 0 fully saturated rings. The number of carboxylic acids is 1. The molecule has 8 heteroatoms. The quantitative estimate of drug-likeness (QED) is 0.0378. The smallest absolute Gasteiger partial charge is 0.407 e. The van der Waals surface area contributed by atoms with Crippen molar-refractivity contribution in [3.8, 4) is 0 Å². The van der Waals surface area contributed by atoms with Crippen molar-refractivity contribution in [2.24, 2.45) is 0 Å². The van der Waals surface area contributed by atoms with Crippen LogP contribution in [0.25, 0.3) is 0 Å². The van der Waals surface area contributed by atoms with E-state index in [0.717, 1.165) is 82.1 Å². The first-order valence-electron chi connectivity index (χ1n) is 17.2. The van der Waals surface area contributed by atoms with E-state index < -0.39 is 5.97 Å². The fourth-order valence-corrected chi connectivity index (χ4v) is 4.54. The summed E-state index contributed by atoms with van der Waals surface area (Å²) < 4.78 is 5.03. The van der Waals surface area contributed by atoms with E-state index in [9.17, 15) is 19.8 Å². The molecule has 7 nitrogen and oxygen atoms in total. The standard InChI is InChI=1S/C19H32O3S.C18H33NO3/c1-2-3-8-13-18(20)14-9-7-12-17-23-16-11-6-4-5-10-15-19(21)22;1-3-5-9-13-17(20)14-10-7-8-11-15-19-18(21)22-16-12-6-4-2/h4,6-7,9,12,14,18,20H,2-3,5,8,10-11,13,15-17H2,1H3,(H,21,22);7-8,10,14,17,20H,3-6,9,11-13,15-16H2,1-2H3,(H,19,21)/b6-4-,12-7-,14-9+;8-7-,14-10+/t;17-/m.0/s1. The van der Waals surface area contributed by atoms with Crippen LogP contribution < -0.4 is 5.32 Å². The SMILES string of the molecule is CCCCCC(O)/C=C/C=C\CSCC/C=C\CCCC(=O)O.CCCCCOC(=O)NCC/C=C\C=C\[C@@H](O)CCCCC. The van der Waals surface area contributed by atoms with Crippen molar-refractivity contribution < 1.29 is 29.6 Å². The number of hydrogen-bond donors (Lipinski definition) is 4. The summed E-state index contributed by atoms with van der Waals surface area (Å²) in [5.41, 5.74) is 0. The number of hydrogen-bond acceptors (Lipinski definition) is 6. The maximum atomic E-state index is 11.3. The summed E-state index contributed by atoms with van der Waals surface area (Å²) in [6.07, 6.45) is 33.9. The Hall–Kier alpha value is -2.29. The fourth-order valence-electron chi connectivity index (χ4n) is 3.83. The van der Waals surface area contributed by atoms with Crippen LogP contribution in [0.3, 0.4) is 0 Å². The summed E-state index contributed by atoms with van der Waals surface area (Å²) in [6.45, 7) is 7.49. The van der Waals surface area contributed by atoms with Gasteiger partial charge in [0.05, 0.1) is 18.8 Å². The number of rotatable bonds is 28. The second-order valence-corrected chi connectivity index (χ2v) is 12.1. The Morgan fingerprint density at radius 3 is 1.89 bits per heavy atom. The lowest BCUT2D eigenvalue weighted by atomic mass is 10.1. The Labute approximate surface area is 279 Å². The number of aliphatic hydroxyl groups excluding tert-OH is 2. The highest BCUT2D eigenvalue weighted by molar-refractivity contribution is 7.99. The molecule has 0 bridgehead atoms. The van der Waals surface area contributed by atoms with Gasteiger partial charge >= 0.3 is 12.1 Å². The van der Waals surface area contributed by atoms with Gasteiger partial charge in [-0.3, -0.25) is 4.79 Å². The molecular formula is C37H65NO6S. The molecule has 0 rings (SSSR count). The number of carboxylic acid groups (broad SMARTS) is 1. The normalized spacial score (nSPS) is 13.2. The van der Waals surface area contributed by atoms with E-state index in [-0.39, 0.29) is 24.7 Å². The molecule has 0 radical (unpaired) electrons. The van der Waals surface area contributed by atoms with Crippen LogP contribution in [0.1, 0.15) is 124 Å². The molecule has 0 aromatic carbocycles. The van der Waals surface area contributed by atoms with Crippen LogP contribution in [0, 0.1) is 0 Å². The van der Waals surface area contributed by atoms with E-state index in [1.807, 2.05) is 54.3 Å². The van der Waals surface area contributed by atoms with Gasteiger partial charge in [0.25, 0.3) is 0 Å². The van der Waals surface area contributed by atoms with Crippen molar-refractivity contribution in [1.29, 1.82) is 0 Å². The van der Waals surface area contributed by atoms with Gasteiger partial charge in [0.1, 0.15) is 0 Å². The Bertz CT molecular complexity index is 809. The second kappa shape index (κ2) is 37.9. The third-order valence-electron chi connectivity index (χ3n) is 6.50. The number of carbonyl (C=O) groups is 2. The minimum Gasteiger partial charge on any atom is -0.481 e. The number of ether oxygens (including phenoxy) is 1. The molecule has 0 aromatic heterocycles. The van der Waals surface area contributed by atoms with E-state index >= 15 is 0 Å². The molecule has 0 aliphatic rings. The highest BCUT2D eigenvalue weighted by Gasteiger charge is 2.00. The third kappa shape index (κ3) is 41.7. The minimum atomic E-state index is -0.719. The summed E-state index contributed by atoms with van der Waals surface area (Å²) in [5, 5.41) is 30.6. The third-order valence-corrected chi connectivity index (χ3v) is 7.45. The molecule has 0 saturated heterocycles. The Balaban J connectivity index is 0. The van der Waals surface area contributed by atoms with Gasteiger partial charge < -0.3 is 25.4 Å². The predicted octanol–water partition coefficient (Wildman–Crippen LogP) is 9.32. The maximum Gasteiger partial charge on any atom is 0.407 e. The number of unbranched alkanes of at least 4 members (excludes halogenated alkanes) is 7. The summed E-state index contributed by atoms with van der Waals surface area (Å²) >= 11 is 1.87. The average Bonchev–Trinajstić information content (AvgIpc) is 3.01. The van der Waals surface area contributed by atoms with Crippen LogP contribution in [-0.2, 0) is 9.53 Å². The highest BCUT2D eigenvalue weighted by atomic mass is 32.2. The molecule has 0 saturated carbocycles. The number of carbonyl (C=O) groups excluding carboxylic acids is 1. The molecule has 0 spiro atoms. The molecule has 1 unspecified atom stereocenters.